The maximum Gasteiger partial charge on any atom is 0.306 e. The van der Waals surface area contributed by atoms with Gasteiger partial charge < -0.3 is 14.5 Å². The first-order valence-electron chi connectivity index (χ1n) is 8.76. The van der Waals surface area contributed by atoms with Gasteiger partial charge in [-0.3, -0.25) is 14.9 Å². The lowest BCUT2D eigenvalue weighted by Crippen LogP contribution is -2.09. The second-order valence-corrected chi connectivity index (χ2v) is 5.95. The van der Waals surface area contributed by atoms with Crippen LogP contribution in [0.3, 0.4) is 0 Å². The Morgan fingerprint density at radius 3 is 2.68 bits per heavy atom. The summed E-state index contributed by atoms with van der Waals surface area (Å²) in [5.74, 6) is 0.550. The van der Waals surface area contributed by atoms with E-state index in [-0.39, 0.29) is 24.7 Å². The van der Waals surface area contributed by atoms with E-state index in [1.54, 1.807) is 24.4 Å². The van der Waals surface area contributed by atoms with Gasteiger partial charge in [0.15, 0.2) is 12.4 Å². The average Bonchev–Trinajstić information content (AvgIpc) is 3.20. The second kappa shape index (κ2) is 9.31. The molecule has 8 nitrogen and oxygen atoms in total. The van der Waals surface area contributed by atoms with Crippen molar-refractivity contribution in [2.45, 2.75) is 19.4 Å². The number of nitro benzene ring substituents is 1. The Balaban J connectivity index is 1.40. The van der Waals surface area contributed by atoms with E-state index in [0.717, 1.165) is 5.56 Å². The molecule has 3 rings (SSSR count). The second-order valence-electron chi connectivity index (χ2n) is 5.95. The number of esters is 1. The molecular weight excluding hydrogens is 362 g/mol. The van der Waals surface area contributed by atoms with Crippen molar-refractivity contribution in [2.24, 2.45) is 0 Å². The molecule has 3 aromatic rings. The Labute approximate surface area is 161 Å². The number of aromatic nitrogens is 1. The predicted molar refractivity (Wildman–Crippen MR) is 103 cm³/mol. The van der Waals surface area contributed by atoms with Gasteiger partial charge in [-0.15, -0.1) is 0 Å². The summed E-state index contributed by atoms with van der Waals surface area (Å²) in [7, 11) is 0. The van der Waals surface area contributed by atoms with Crippen LogP contribution in [0.5, 0.6) is 0 Å². The Kier molecular flexibility index (Phi) is 6.35. The van der Waals surface area contributed by atoms with Crippen LogP contribution < -0.4 is 5.32 Å². The topological polar surface area (TPSA) is 108 Å². The Bertz CT molecular complexity index is 940. The van der Waals surface area contributed by atoms with Crippen LogP contribution in [0.1, 0.15) is 18.7 Å². The summed E-state index contributed by atoms with van der Waals surface area (Å²) in [6.45, 7) is 0.375. The number of ether oxygens (including phenoxy) is 1. The number of para-hydroxylation sites is 2. The molecule has 0 aliphatic carbocycles. The highest BCUT2D eigenvalue weighted by Crippen LogP contribution is 2.23. The lowest BCUT2D eigenvalue weighted by atomic mass is 10.2. The molecule has 1 N–H and O–H groups in total. The first-order chi connectivity index (χ1) is 13.6. The van der Waals surface area contributed by atoms with Gasteiger partial charge in [-0.2, -0.15) is 0 Å². The number of rotatable bonds is 9. The molecule has 0 radical (unpaired) electrons. The molecule has 1 aromatic heterocycles. The summed E-state index contributed by atoms with van der Waals surface area (Å²) in [5.41, 5.74) is 1.32. The maximum absolute atomic E-state index is 11.9. The summed E-state index contributed by atoms with van der Waals surface area (Å²) in [6.07, 6.45) is 2.25. The van der Waals surface area contributed by atoms with Gasteiger partial charge in [-0.05, 0) is 12.5 Å². The van der Waals surface area contributed by atoms with Crippen molar-refractivity contribution < 1.29 is 18.9 Å². The highest BCUT2D eigenvalue weighted by atomic mass is 16.6. The van der Waals surface area contributed by atoms with Gasteiger partial charge in [-0.25, -0.2) is 4.98 Å². The molecule has 8 heteroatoms. The van der Waals surface area contributed by atoms with Gasteiger partial charge in [0.1, 0.15) is 5.69 Å². The Morgan fingerprint density at radius 1 is 1.14 bits per heavy atom. The van der Waals surface area contributed by atoms with Crippen molar-refractivity contribution in [3.63, 3.8) is 0 Å². The van der Waals surface area contributed by atoms with E-state index in [0.29, 0.717) is 30.3 Å². The van der Waals surface area contributed by atoms with Gasteiger partial charge in [0.25, 0.3) is 5.69 Å². The van der Waals surface area contributed by atoms with Crippen molar-refractivity contribution in [3.8, 4) is 11.3 Å². The van der Waals surface area contributed by atoms with Crippen molar-refractivity contribution >= 4 is 17.3 Å². The quantitative estimate of drug-likeness (QED) is 0.256. The zero-order chi connectivity index (χ0) is 19.8. The Hall–Kier alpha value is -3.68. The standard InChI is InChI=1S/C20H19N3O5/c24-20(11-6-12-21-16-9-4-5-10-17(16)23(25)26)27-14-19-22-13-18(28-19)15-7-2-1-3-8-15/h1-5,7-10,13,21H,6,11-12,14H2. The summed E-state index contributed by atoms with van der Waals surface area (Å²) in [5, 5.41) is 13.9. The molecule has 2 aromatic carbocycles. The van der Waals surface area contributed by atoms with Crippen molar-refractivity contribution in [1.82, 2.24) is 4.98 Å². The van der Waals surface area contributed by atoms with Crippen LogP contribution in [0.25, 0.3) is 11.3 Å². The molecule has 144 valence electrons. The lowest BCUT2D eigenvalue weighted by molar-refractivity contribution is -0.384. The molecular formula is C20H19N3O5. The molecule has 0 aliphatic heterocycles. The number of hydrogen-bond donors (Lipinski definition) is 1. The minimum Gasteiger partial charge on any atom is -0.456 e. The molecule has 0 aliphatic rings. The number of nitrogens with one attached hydrogen (secondary N) is 1. The van der Waals surface area contributed by atoms with Crippen LogP contribution >= 0.6 is 0 Å². The monoisotopic (exact) mass is 381 g/mol. The molecule has 0 saturated heterocycles. The number of nitrogens with zero attached hydrogens (tertiary/aromatic N) is 2. The lowest BCUT2D eigenvalue weighted by Gasteiger charge is -2.06. The molecule has 0 atom stereocenters. The number of hydrogen-bond acceptors (Lipinski definition) is 7. The van der Waals surface area contributed by atoms with Crippen LogP contribution in [-0.4, -0.2) is 22.4 Å². The third-order valence-corrected chi connectivity index (χ3v) is 3.94. The van der Waals surface area contributed by atoms with Crippen LogP contribution in [0.15, 0.2) is 65.2 Å². The minimum absolute atomic E-state index is 0.00295. The van der Waals surface area contributed by atoms with Crippen molar-refractivity contribution in [3.05, 3.63) is 76.8 Å². The van der Waals surface area contributed by atoms with Crippen molar-refractivity contribution in [1.29, 1.82) is 0 Å². The summed E-state index contributed by atoms with van der Waals surface area (Å²) in [4.78, 5) is 26.5. The van der Waals surface area contributed by atoms with Crippen LogP contribution in [0.4, 0.5) is 11.4 Å². The normalized spacial score (nSPS) is 10.4. The summed E-state index contributed by atoms with van der Waals surface area (Å²) >= 11 is 0. The highest BCUT2D eigenvalue weighted by molar-refractivity contribution is 5.69. The molecule has 0 spiro atoms. The van der Waals surface area contributed by atoms with Gasteiger partial charge in [0.05, 0.1) is 11.1 Å². The molecule has 0 bridgehead atoms. The molecule has 1 heterocycles. The number of benzene rings is 2. The molecule has 28 heavy (non-hydrogen) atoms. The third-order valence-electron chi connectivity index (χ3n) is 3.94. The first-order valence-corrected chi connectivity index (χ1v) is 8.76. The largest absolute Gasteiger partial charge is 0.456 e. The summed E-state index contributed by atoms with van der Waals surface area (Å²) in [6, 6.07) is 15.9. The number of carbonyl (C=O) groups is 1. The minimum atomic E-state index is -0.448. The fourth-order valence-electron chi connectivity index (χ4n) is 2.57. The number of nitro groups is 1. The molecule has 0 amide bonds. The number of carbonyl (C=O) groups excluding carboxylic acids is 1. The van der Waals surface area contributed by atoms with E-state index in [1.807, 2.05) is 30.3 Å². The Morgan fingerprint density at radius 2 is 1.89 bits per heavy atom. The zero-order valence-electron chi connectivity index (χ0n) is 15.0. The first kappa shape index (κ1) is 19.1. The van der Waals surface area contributed by atoms with Crippen LogP contribution in [0.2, 0.25) is 0 Å². The third kappa shape index (κ3) is 5.16. The zero-order valence-corrected chi connectivity index (χ0v) is 15.0. The maximum atomic E-state index is 11.9. The van der Waals surface area contributed by atoms with E-state index in [2.05, 4.69) is 10.3 Å². The van der Waals surface area contributed by atoms with Gasteiger partial charge in [-0.1, -0.05) is 42.5 Å². The van der Waals surface area contributed by atoms with Crippen LogP contribution in [0, 0.1) is 10.1 Å². The molecule has 0 fully saturated rings. The van der Waals surface area contributed by atoms with Gasteiger partial charge in [0, 0.05) is 24.6 Å². The van der Waals surface area contributed by atoms with E-state index in [4.69, 9.17) is 9.15 Å². The van der Waals surface area contributed by atoms with E-state index in [1.165, 1.54) is 6.07 Å². The number of anilines is 1. The van der Waals surface area contributed by atoms with E-state index < -0.39 is 4.92 Å². The van der Waals surface area contributed by atoms with Crippen LogP contribution in [-0.2, 0) is 16.1 Å². The average molecular weight is 381 g/mol. The van der Waals surface area contributed by atoms with E-state index >= 15 is 0 Å². The SMILES string of the molecule is O=C(CCCNc1ccccc1[N+](=O)[O-])OCc1ncc(-c2ccccc2)o1. The fourth-order valence-corrected chi connectivity index (χ4v) is 2.57. The van der Waals surface area contributed by atoms with Gasteiger partial charge >= 0.3 is 5.97 Å². The van der Waals surface area contributed by atoms with Gasteiger partial charge in [0.2, 0.25) is 5.89 Å². The molecule has 0 saturated carbocycles. The summed E-state index contributed by atoms with van der Waals surface area (Å²) < 4.78 is 10.7. The fraction of sp³-hybridized carbons (Fsp3) is 0.200. The van der Waals surface area contributed by atoms with E-state index in [9.17, 15) is 14.9 Å². The smallest absolute Gasteiger partial charge is 0.306 e. The molecule has 0 unspecified atom stereocenters. The number of oxazole rings is 1. The highest BCUT2D eigenvalue weighted by Gasteiger charge is 2.12. The van der Waals surface area contributed by atoms with Crippen molar-refractivity contribution in [2.75, 3.05) is 11.9 Å². The predicted octanol–water partition coefficient (Wildman–Crippen LogP) is 4.19.